The normalized spacial score (nSPS) is 10.7. The predicted molar refractivity (Wildman–Crippen MR) is 77.8 cm³/mol. The van der Waals surface area contributed by atoms with Crippen molar-refractivity contribution in [2.75, 3.05) is 18.9 Å². The van der Waals surface area contributed by atoms with E-state index in [1.807, 2.05) is 0 Å². The first-order valence-electron chi connectivity index (χ1n) is 5.90. The molecule has 0 unspecified atom stereocenters. The number of nitrogens with two attached hydrogens (primary N) is 1. The SMILES string of the molecule is NS(=O)(=O)CCCNC(=O)c1sccc1C#CCCO. The van der Waals surface area contributed by atoms with Crippen molar-refractivity contribution in [2.45, 2.75) is 12.8 Å². The second-order valence-electron chi connectivity index (χ2n) is 3.92. The third-order valence-electron chi connectivity index (χ3n) is 2.22. The molecule has 0 saturated carbocycles. The summed E-state index contributed by atoms with van der Waals surface area (Å²) in [5.74, 6) is 5.11. The lowest BCUT2D eigenvalue weighted by molar-refractivity contribution is 0.0957. The van der Waals surface area contributed by atoms with Crippen LogP contribution >= 0.6 is 11.3 Å². The quantitative estimate of drug-likeness (QED) is 0.502. The minimum atomic E-state index is -3.49. The highest BCUT2D eigenvalue weighted by molar-refractivity contribution is 7.89. The predicted octanol–water partition coefficient (Wildman–Crippen LogP) is -0.110. The van der Waals surface area contributed by atoms with E-state index in [4.69, 9.17) is 10.2 Å². The minimum Gasteiger partial charge on any atom is -0.395 e. The Balaban J connectivity index is 2.52. The smallest absolute Gasteiger partial charge is 0.262 e. The van der Waals surface area contributed by atoms with Gasteiger partial charge in [-0.15, -0.1) is 11.3 Å². The summed E-state index contributed by atoms with van der Waals surface area (Å²) in [4.78, 5) is 12.4. The van der Waals surface area contributed by atoms with Crippen LogP contribution in [0.25, 0.3) is 0 Å². The number of amides is 1. The maximum absolute atomic E-state index is 11.9. The van der Waals surface area contributed by atoms with E-state index < -0.39 is 10.0 Å². The van der Waals surface area contributed by atoms with Crippen molar-refractivity contribution in [3.8, 4) is 11.8 Å². The van der Waals surface area contributed by atoms with Crippen LogP contribution in [-0.2, 0) is 10.0 Å². The monoisotopic (exact) mass is 316 g/mol. The van der Waals surface area contributed by atoms with Gasteiger partial charge >= 0.3 is 0 Å². The first kappa shape index (κ1) is 16.7. The van der Waals surface area contributed by atoms with Gasteiger partial charge in [0.2, 0.25) is 10.0 Å². The van der Waals surface area contributed by atoms with Crippen molar-refractivity contribution < 1.29 is 18.3 Å². The summed E-state index contributed by atoms with van der Waals surface area (Å²) in [5, 5.41) is 17.9. The van der Waals surface area contributed by atoms with E-state index in [0.29, 0.717) is 16.9 Å². The molecular formula is C12H16N2O4S2. The van der Waals surface area contributed by atoms with E-state index in [-0.39, 0.29) is 31.2 Å². The van der Waals surface area contributed by atoms with Crippen LogP contribution in [-0.4, -0.2) is 38.3 Å². The molecule has 0 spiro atoms. The van der Waals surface area contributed by atoms with Crippen LogP contribution in [0, 0.1) is 11.8 Å². The fraction of sp³-hybridized carbons (Fsp3) is 0.417. The second kappa shape index (κ2) is 8.01. The van der Waals surface area contributed by atoms with Gasteiger partial charge < -0.3 is 10.4 Å². The number of carbonyl (C=O) groups excluding carboxylic acids is 1. The first-order valence-corrected chi connectivity index (χ1v) is 8.49. The summed E-state index contributed by atoms with van der Waals surface area (Å²) in [6, 6.07) is 1.73. The summed E-state index contributed by atoms with van der Waals surface area (Å²) >= 11 is 1.26. The van der Waals surface area contributed by atoms with E-state index in [0.717, 1.165) is 0 Å². The largest absolute Gasteiger partial charge is 0.395 e. The van der Waals surface area contributed by atoms with Gasteiger partial charge in [0.05, 0.1) is 12.4 Å². The Hall–Kier alpha value is -1.40. The Labute approximate surface area is 122 Å². The molecule has 1 heterocycles. The lowest BCUT2D eigenvalue weighted by Gasteiger charge is -2.03. The lowest BCUT2D eigenvalue weighted by atomic mass is 10.2. The van der Waals surface area contributed by atoms with Crippen molar-refractivity contribution in [2.24, 2.45) is 5.14 Å². The van der Waals surface area contributed by atoms with Gasteiger partial charge in [0.25, 0.3) is 5.91 Å². The average molecular weight is 316 g/mol. The number of hydrogen-bond acceptors (Lipinski definition) is 5. The van der Waals surface area contributed by atoms with Gasteiger partial charge in [-0.2, -0.15) is 0 Å². The third-order valence-corrected chi connectivity index (χ3v) is 3.99. The lowest BCUT2D eigenvalue weighted by Crippen LogP contribution is -2.27. The molecule has 1 rings (SSSR count). The first-order chi connectivity index (χ1) is 9.44. The van der Waals surface area contributed by atoms with Crippen LogP contribution in [0.4, 0.5) is 0 Å². The van der Waals surface area contributed by atoms with Gasteiger partial charge in [-0.3, -0.25) is 4.79 Å². The highest BCUT2D eigenvalue weighted by Crippen LogP contribution is 2.15. The maximum atomic E-state index is 11.9. The van der Waals surface area contributed by atoms with Crippen LogP contribution < -0.4 is 10.5 Å². The molecule has 0 aliphatic heterocycles. The van der Waals surface area contributed by atoms with Crippen molar-refractivity contribution in [1.29, 1.82) is 0 Å². The van der Waals surface area contributed by atoms with Crippen LogP contribution in [0.1, 0.15) is 28.1 Å². The average Bonchev–Trinajstić information content (AvgIpc) is 2.82. The molecule has 0 aliphatic carbocycles. The number of primary sulfonamides is 1. The molecule has 20 heavy (non-hydrogen) atoms. The molecule has 0 aromatic carbocycles. The Morgan fingerprint density at radius 1 is 1.50 bits per heavy atom. The van der Waals surface area contributed by atoms with Crippen LogP contribution in [0.3, 0.4) is 0 Å². The molecule has 1 aromatic rings. The molecule has 1 aromatic heterocycles. The summed E-state index contributed by atoms with van der Waals surface area (Å²) in [6.45, 7) is 0.211. The van der Waals surface area contributed by atoms with Gasteiger partial charge in [0.15, 0.2) is 0 Å². The highest BCUT2D eigenvalue weighted by atomic mass is 32.2. The molecular weight excluding hydrogens is 300 g/mol. The summed E-state index contributed by atoms with van der Waals surface area (Å²) in [5.41, 5.74) is 0.604. The zero-order valence-electron chi connectivity index (χ0n) is 10.8. The van der Waals surface area contributed by atoms with Gasteiger partial charge in [0, 0.05) is 18.5 Å². The minimum absolute atomic E-state index is 0.0216. The molecule has 0 radical (unpaired) electrons. The molecule has 0 fully saturated rings. The highest BCUT2D eigenvalue weighted by Gasteiger charge is 2.11. The van der Waals surface area contributed by atoms with E-state index in [1.165, 1.54) is 11.3 Å². The number of aliphatic hydroxyl groups excluding tert-OH is 1. The Bertz CT molecular complexity index is 611. The molecule has 8 heteroatoms. The van der Waals surface area contributed by atoms with Crippen molar-refractivity contribution in [3.05, 3.63) is 21.9 Å². The molecule has 4 N–H and O–H groups in total. The second-order valence-corrected chi connectivity index (χ2v) is 6.57. The van der Waals surface area contributed by atoms with E-state index in [1.54, 1.807) is 11.4 Å². The molecule has 6 nitrogen and oxygen atoms in total. The topological polar surface area (TPSA) is 109 Å². The third kappa shape index (κ3) is 6.16. The Morgan fingerprint density at radius 2 is 2.25 bits per heavy atom. The van der Waals surface area contributed by atoms with Gasteiger partial charge in [-0.25, -0.2) is 13.6 Å². The van der Waals surface area contributed by atoms with Crippen molar-refractivity contribution in [3.63, 3.8) is 0 Å². The van der Waals surface area contributed by atoms with Crippen LogP contribution in [0.15, 0.2) is 11.4 Å². The fourth-order valence-electron chi connectivity index (χ4n) is 1.35. The van der Waals surface area contributed by atoms with Gasteiger partial charge in [0.1, 0.15) is 4.88 Å². The molecule has 0 aliphatic rings. The number of aliphatic hydroxyl groups is 1. The van der Waals surface area contributed by atoms with Crippen LogP contribution in [0.5, 0.6) is 0 Å². The molecule has 0 atom stereocenters. The standard InChI is InChI=1S/C12H16N2O4S2/c13-20(17,18)9-3-6-14-12(16)11-10(5-8-19-11)4-1-2-7-15/h5,8,15H,2-3,6-7,9H2,(H,14,16)(H2,13,17,18). The molecule has 0 saturated heterocycles. The molecule has 0 bridgehead atoms. The Kier molecular flexibility index (Phi) is 6.67. The van der Waals surface area contributed by atoms with Gasteiger partial charge in [-0.05, 0) is 17.9 Å². The van der Waals surface area contributed by atoms with E-state index >= 15 is 0 Å². The number of carbonyl (C=O) groups is 1. The molecule has 110 valence electrons. The number of rotatable bonds is 6. The molecule has 1 amide bonds. The number of hydrogen-bond donors (Lipinski definition) is 3. The van der Waals surface area contributed by atoms with Crippen LogP contribution in [0.2, 0.25) is 0 Å². The summed E-state index contributed by atoms with van der Waals surface area (Å²) < 4.78 is 21.5. The summed E-state index contributed by atoms with van der Waals surface area (Å²) in [6.07, 6.45) is 0.618. The van der Waals surface area contributed by atoms with Crippen molar-refractivity contribution >= 4 is 27.3 Å². The number of sulfonamides is 1. The van der Waals surface area contributed by atoms with Crippen molar-refractivity contribution in [1.82, 2.24) is 5.32 Å². The Morgan fingerprint density at radius 3 is 2.90 bits per heavy atom. The zero-order chi connectivity index (χ0) is 15.0. The zero-order valence-corrected chi connectivity index (χ0v) is 12.4. The fourth-order valence-corrected chi connectivity index (χ4v) is 2.66. The number of thiophene rings is 1. The summed E-state index contributed by atoms with van der Waals surface area (Å²) in [7, 11) is -3.49. The number of nitrogens with one attached hydrogen (secondary N) is 1. The maximum Gasteiger partial charge on any atom is 0.262 e. The van der Waals surface area contributed by atoms with E-state index in [9.17, 15) is 13.2 Å². The van der Waals surface area contributed by atoms with E-state index in [2.05, 4.69) is 17.2 Å². The van der Waals surface area contributed by atoms with Gasteiger partial charge in [-0.1, -0.05) is 11.8 Å².